The van der Waals surface area contributed by atoms with Crippen molar-refractivity contribution in [2.24, 2.45) is 0 Å². The molecule has 2 aromatic rings. The van der Waals surface area contributed by atoms with Crippen LogP contribution in [0.25, 0.3) is 0 Å². The van der Waals surface area contributed by atoms with E-state index in [2.05, 4.69) is 22.1 Å². The van der Waals surface area contributed by atoms with Gasteiger partial charge < -0.3 is 14.8 Å². The average molecular weight is 331 g/mol. The summed E-state index contributed by atoms with van der Waals surface area (Å²) >= 11 is 5.86. The predicted molar refractivity (Wildman–Crippen MR) is 87.3 cm³/mol. The molecule has 6 heteroatoms. The van der Waals surface area contributed by atoms with Gasteiger partial charge in [0.15, 0.2) is 0 Å². The molecule has 0 spiro atoms. The molecule has 1 N–H and O–H groups in total. The third kappa shape index (κ3) is 5.53. The number of nitrogens with zero attached hydrogens (tertiary/aromatic N) is 1. The van der Waals surface area contributed by atoms with Gasteiger partial charge in [-0.1, -0.05) is 53.8 Å². The molecule has 1 heterocycles. The van der Waals surface area contributed by atoms with Crippen molar-refractivity contribution in [3.8, 4) is 17.7 Å². The standard InChI is InChI=1S/C17H15ClN2O3/c1-22-16-14(10-15(18)11-20-16)8-5-9-19-17(21)23-12-13-6-3-2-4-7-13/h2-4,6-7,10-11H,9,12H2,1H3,(H,19,21). The summed E-state index contributed by atoms with van der Waals surface area (Å²) in [4.78, 5) is 15.6. The van der Waals surface area contributed by atoms with Gasteiger partial charge in [0.25, 0.3) is 0 Å². The van der Waals surface area contributed by atoms with Crippen LogP contribution >= 0.6 is 11.6 Å². The number of alkyl carbamates (subject to hydrolysis) is 1. The highest BCUT2D eigenvalue weighted by atomic mass is 35.5. The third-order valence-corrected chi connectivity index (χ3v) is 2.97. The quantitative estimate of drug-likeness (QED) is 0.875. The van der Waals surface area contributed by atoms with Crippen molar-refractivity contribution < 1.29 is 14.3 Å². The van der Waals surface area contributed by atoms with Crippen LogP contribution in [0, 0.1) is 11.8 Å². The number of nitrogens with one attached hydrogen (secondary N) is 1. The van der Waals surface area contributed by atoms with Crippen LogP contribution in [0.2, 0.25) is 5.02 Å². The molecule has 118 valence electrons. The average Bonchev–Trinajstić information content (AvgIpc) is 2.58. The molecule has 0 aliphatic rings. The number of pyridine rings is 1. The number of carbonyl (C=O) groups excluding carboxylic acids is 1. The molecule has 0 radical (unpaired) electrons. The number of hydrogen-bond donors (Lipinski definition) is 1. The highest BCUT2D eigenvalue weighted by Gasteiger charge is 2.03. The number of ether oxygens (including phenoxy) is 2. The Labute approximate surface area is 139 Å². The van der Waals surface area contributed by atoms with E-state index in [1.165, 1.54) is 13.3 Å². The largest absolute Gasteiger partial charge is 0.480 e. The van der Waals surface area contributed by atoms with Gasteiger partial charge in [-0.05, 0) is 11.6 Å². The Morgan fingerprint density at radius 2 is 2.13 bits per heavy atom. The Morgan fingerprint density at radius 1 is 1.35 bits per heavy atom. The lowest BCUT2D eigenvalue weighted by Crippen LogP contribution is -2.24. The Morgan fingerprint density at radius 3 is 2.87 bits per heavy atom. The van der Waals surface area contributed by atoms with E-state index in [1.54, 1.807) is 6.07 Å². The number of benzene rings is 1. The zero-order valence-corrected chi connectivity index (χ0v) is 13.3. The summed E-state index contributed by atoms with van der Waals surface area (Å²) in [5.74, 6) is 6.02. The molecule has 0 atom stereocenters. The summed E-state index contributed by atoms with van der Waals surface area (Å²) < 4.78 is 10.2. The molecule has 23 heavy (non-hydrogen) atoms. The molecule has 1 aromatic carbocycles. The molecule has 0 aliphatic carbocycles. The fraction of sp³-hybridized carbons (Fsp3) is 0.176. The molecule has 0 unspecified atom stereocenters. The van der Waals surface area contributed by atoms with Gasteiger partial charge in [-0.25, -0.2) is 9.78 Å². The van der Waals surface area contributed by atoms with Gasteiger partial charge in [-0.2, -0.15) is 0 Å². The number of methoxy groups -OCH3 is 1. The normalized spacial score (nSPS) is 9.48. The van der Waals surface area contributed by atoms with Crippen molar-refractivity contribution in [1.82, 2.24) is 10.3 Å². The van der Waals surface area contributed by atoms with Crippen molar-refractivity contribution in [2.75, 3.05) is 13.7 Å². The second kappa shape index (κ2) is 8.66. The fourth-order valence-electron chi connectivity index (χ4n) is 1.71. The number of halogens is 1. The van der Waals surface area contributed by atoms with E-state index in [1.807, 2.05) is 30.3 Å². The summed E-state index contributed by atoms with van der Waals surface area (Å²) in [5.41, 5.74) is 1.47. The van der Waals surface area contributed by atoms with Crippen molar-refractivity contribution in [3.05, 3.63) is 58.7 Å². The van der Waals surface area contributed by atoms with E-state index in [-0.39, 0.29) is 13.2 Å². The van der Waals surface area contributed by atoms with Crippen LogP contribution < -0.4 is 10.1 Å². The van der Waals surface area contributed by atoms with E-state index in [9.17, 15) is 4.79 Å². The first-order valence-corrected chi connectivity index (χ1v) is 7.20. The van der Waals surface area contributed by atoms with Gasteiger partial charge in [-0.15, -0.1) is 0 Å². The van der Waals surface area contributed by atoms with Crippen LogP contribution in [-0.4, -0.2) is 24.7 Å². The lowest BCUT2D eigenvalue weighted by molar-refractivity contribution is 0.141. The zero-order chi connectivity index (χ0) is 16.5. The van der Waals surface area contributed by atoms with Crippen LogP contribution in [0.4, 0.5) is 4.79 Å². The molecule has 0 fully saturated rings. The Hall–Kier alpha value is -2.71. The van der Waals surface area contributed by atoms with Crippen LogP contribution in [0.15, 0.2) is 42.6 Å². The number of amides is 1. The summed E-state index contributed by atoms with van der Waals surface area (Å²) in [7, 11) is 1.50. The third-order valence-electron chi connectivity index (χ3n) is 2.77. The molecule has 1 amide bonds. The molecular weight excluding hydrogens is 316 g/mol. The number of carbonyl (C=O) groups is 1. The van der Waals surface area contributed by atoms with E-state index in [4.69, 9.17) is 21.1 Å². The first kappa shape index (κ1) is 16.7. The maximum atomic E-state index is 11.5. The van der Waals surface area contributed by atoms with Crippen LogP contribution in [-0.2, 0) is 11.3 Å². The van der Waals surface area contributed by atoms with Gasteiger partial charge in [0.05, 0.1) is 24.2 Å². The lowest BCUT2D eigenvalue weighted by atomic mass is 10.2. The van der Waals surface area contributed by atoms with Crippen LogP contribution in [0.1, 0.15) is 11.1 Å². The summed E-state index contributed by atoms with van der Waals surface area (Å²) in [6.45, 7) is 0.357. The molecule has 0 aliphatic heterocycles. The molecule has 5 nitrogen and oxygen atoms in total. The minimum atomic E-state index is -0.528. The SMILES string of the molecule is COc1ncc(Cl)cc1C#CCNC(=O)OCc1ccccc1. The van der Waals surface area contributed by atoms with Gasteiger partial charge in [0, 0.05) is 6.20 Å². The van der Waals surface area contributed by atoms with E-state index in [0.29, 0.717) is 16.5 Å². The van der Waals surface area contributed by atoms with Crippen molar-refractivity contribution >= 4 is 17.7 Å². The van der Waals surface area contributed by atoms with Crippen LogP contribution in [0.5, 0.6) is 5.88 Å². The van der Waals surface area contributed by atoms with Gasteiger partial charge >= 0.3 is 6.09 Å². The second-order valence-electron chi connectivity index (χ2n) is 4.43. The van der Waals surface area contributed by atoms with Gasteiger partial charge in [0.1, 0.15) is 6.61 Å². The topological polar surface area (TPSA) is 60.5 Å². The summed E-state index contributed by atoms with van der Waals surface area (Å²) in [5, 5.41) is 3.01. The van der Waals surface area contributed by atoms with Gasteiger partial charge in [0.2, 0.25) is 5.88 Å². The lowest BCUT2D eigenvalue weighted by Gasteiger charge is -2.04. The van der Waals surface area contributed by atoms with Crippen molar-refractivity contribution in [2.45, 2.75) is 6.61 Å². The highest BCUT2D eigenvalue weighted by molar-refractivity contribution is 6.30. The number of rotatable bonds is 4. The smallest absolute Gasteiger partial charge is 0.408 e. The minimum absolute atomic E-state index is 0.142. The maximum Gasteiger partial charge on any atom is 0.408 e. The van der Waals surface area contributed by atoms with Crippen molar-refractivity contribution in [1.29, 1.82) is 0 Å². The summed E-state index contributed by atoms with van der Waals surface area (Å²) in [6, 6.07) is 11.1. The second-order valence-corrected chi connectivity index (χ2v) is 4.86. The van der Waals surface area contributed by atoms with Crippen LogP contribution in [0.3, 0.4) is 0 Å². The minimum Gasteiger partial charge on any atom is -0.480 e. The highest BCUT2D eigenvalue weighted by Crippen LogP contribution is 2.17. The Kier molecular flexibility index (Phi) is 6.28. The number of aromatic nitrogens is 1. The molecule has 0 saturated carbocycles. The van der Waals surface area contributed by atoms with Gasteiger partial charge in [-0.3, -0.25) is 0 Å². The predicted octanol–water partition coefficient (Wildman–Crippen LogP) is 3.02. The monoisotopic (exact) mass is 330 g/mol. The molecule has 1 aromatic heterocycles. The number of hydrogen-bond acceptors (Lipinski definition) is 4. The van der Waals surface area contributed by atoms with Crippen molar-refractivity contribution in [3.63, 3.8) is 0 Å². The van der Waals surface area contributed by atoms with E-state index >= 15 is 0 Å². The molecular formula is C17H15ClN2O3. The molecule has 0 saturated heterocycles. The molecule has 2 rings (SSSR count). The van der Waals surface area contributed by atoms with E-state index in [0.717, 1.165) is 5.56 Å². The van der Waals surface area contributed by atoms with E-state index < -0.39 is 6.09 Å². The molecule has 0 bridgehead atoms. The first-order chi connectivity index (χ1) is 11.2. The Bertz CT molecular complexity index is 724. The summed E-state index contributed by atoms with van der Waals surface area (Å²) in [6.07, 6.45) is 0.949. The first-order valence-electron chi connectivity index (χ1n) is 6.82. The zero-order valence-electron chi connectivity index (χ0n) is 12.5. The fourth-order valence-corrected chi connectivity index (χ4v) is 1.87. The maximum absolute atomic E-state index is 11.5. The Balaban J connectivity index is 1.81.